The van der Waals surface area contributed by atoms with Crippen LogP contribution in [0.2, 0.25) is 0 Å². The second kappa shape index (κ2) is 4.96. The molecule has 3 nitrogen and oxygen atoms in total. The van der Waals surface area contributed by atoms with Crippen LogP contribution in [-0.4, -0.2) is 33.0 Å². The summed E-state index contributed by atoms with van der Waals surface area (Å²) in [5.41, 5.74) is 0. The first-order chi connectivity index (χ1) is 6.08. The molecule has 1 saturated heterocycles. The molecular weight excluding hydrogens is 186 g/mol. The standard InChI is InChI=1S/C9H19NO2S/c1-13(11,12)8-6-9-5-3-2-4-7-10-9/h9-10H,2-8H2,1H3. The molecule has 0 aliphatic carbocycles. The van der Waals surface area contributed by atoms with Crippen LogP contribution in [0.5, 0.6) is 0 Å². The van der Waals surface area contributed by atoms with E-state index >= 15 is 0 Å². The van der Waals surface area contributed by atoms with Crippen molar-refractivity contribution in [2.24, 2.45) is 0 Å². The van der Waals surface area contributed by atoms with Gasteiger partial charge < -0.3 is 5.32 Å². The largest absolute Gasteiger partial charge is 0.314 e. The van der Waals surface area contributed by atoms with E-state index in [1.54, 1.807) is 0 Å². The van der Waals surface area contributed by atoms with Crippen molar-refractivity contribution in [2.75, 3.05) is 18.6 Å². The number of sulfone groups is 1. The number of hydrogen-bond acceptors (Lipinski definition) is 3. The van der Waals surface area contributed by atoms with Crippen molar-refractivity contribution in [1.82, 2.24) is 5.32 Å². The van der Waals surface area contributed by atoms with Gasteiger partial charge in [-0.1, -0.05) is 12.8 Å². The van der Waals surface area contributed by atoms with Gasteiger partial charge in [0.05, 0.1) is 5.75 Å². The Kier molecular flexibility index (Phi) is 4.19. The third-order valence-corrected chi connectivity index (χ3v) is 3.48. The van der Waals surface area contributed by atoms with Crippen molar-refractivity contribution in [3.05, 3.63) is 0 Å². The zero-order chi connectivity index (χ0) is 9.73. The van der Waals surface area contributed by atoms with Gasteiger partial charge in [-0.2, -0.15) is 0 Å². The van der Waals surface area contributed by atoms with E-state index in [-0.39, 0.29) is 0 Å². The molecule has 0 spiro atoms. The van der Waals surface area contributed by atoms with Crippen molar-refractivity contribution in [3.8, 4) is 0 Å². The van der Waals surface area contributed by atoms with E-state index in [2.05, 4.69) is 5.32 Å². The molecule has 1 aliphatic rings. The zero-order valence-corrected chi connectivity index (χ0v) is 9.07. The van der Waals surface area contributed by atoms with E-state index in [0.717, 1.165) is 19.4 Å². The Labute approximate surface area is 80.8 Å². The predicted molar refractivity (Wildman–Crippen MR) is 54.6 cm³/mol. The van der Waals surface area contributed by atoms with Crippen LogP contribution in [0, 0.1) is 0 Å². The summed E-state index contributed by atoms with van der Waals surface area (Å²) < 4.78 is 21.9. The van der Waals surface area contributed by atoms with Crippen molar-refractivity contribution in [2.45, 2.75) is 38.1 Å². The first-order valence-electron chi connectivity index (χ1n) is 4.99. The second-order valence-electron chi connectivity index (χ2n) is 3.92. The number of hydrogen-bond donors (Lipinski definition) is 1. The van der Waals surface area contributed by atoms with Gasteiger partial charge in [-0.3, -0.25) is 0 Å². The molecule has 1 atom stereocenters. The molecule has 1 unspecified atom stereocenters. The summed E-state index contributed by atoms with van der Waals surface area (Å²) >= 11 is 0. The van der Waals surface area contributed by atoms with Gasteiger partial charge in [-0.25, -0.2) is 8.42 Å². The van der Waals surface area contributed by atoms with Crippen molar-refractivity contribution in [3.63, 3.8) is 0 Å². The molecule has 78 valence electrons. The molecule has 13 heavy (non-hydrogen) atoms. The van der Waals surface area contributed by atoms with Crippen LogP contribution >= 0.6 is 0 Å². The maximum Gasteiger partial charge on any atom is 0.147 e. The fraction of sp³-hybridized carbons (Fsp3) is 1.00. The van der Waals surface area contributed by atoms with Crippen LogP contribution in [-0.2, 0) is 9.84 Å². The Morgan fingerprint density at radius 1 is 1.31 bits per heavy atom. The van der Waals surface area contributed by atoms with E-state index in [1.165, 1.54) is 25.5 Å². The number of rotatable bonds is 3. The van der Waals surface area contributed by atoms with Crippen molar-refractivity contribution < 1.29 is 8.42 Å². The smallest absolute Gasteiger partial charge is 0.147 e. The van der Waals surface area contributed by atoms with E-state index in [4.69, 9.17) is 0 Å². The van der Waals surface area contributed by atoms with Crippen LogP contribution in [0.1, 0.15) is 32.1 Å². The summed E-state index contributed by atoms with van der Waals surface area (Å²) in [6, 6.07) is 0.428. The van der Waals surface area contributed by atoms with Crippen LogP contribution in [0.15, 0.2) is 0 Å². The lowest BCUT2D eigenvalue weighted by molar-refractivity contribution is 0.493. The molecule has 0 amide bonds. The Bertz CT molecular complexity index is 228. The fourth-order valence-electron chi connectivity index (χ4n) is 1.70. The average Bonchev–Trinajstić information content (AvgIpc) is 2.26. The minimum Gasteiger partial charge on any atom is -0.314 e. The molecule has 1 rings (SSSR count). The summed E-state index contributed by atoms with van der Waals surface area (Å²) in [6.07, 6.45) is 6.97. The lowest BCUT2D eigenvalue weighted by Gasteiger charge is -2.14. The van der Waals surface area contributed by atoms with E-state index in [0.29, 0.717) is 11.8 Å². The Hall–Kier alpha value is -0.0900. The van der Waals surface area contributed by atoms with Crippen molar-refractivity contribution >= 4 is 9.84 Å². The van der Waals surface area contributed by atoms with E-state index in [9.17, 15) is 8.42 Å². The van der Waals surface area contributed by atoms with E-state index < -0.39 is 9.84 Å². The monoisotopic (exact) mass is 205 g/mol. The lowest BCUT2D eigenvalue weighted by Crippen LogP contribution is -2.30. The van der Waals surface area contributed by atoms with Gasteiger partial charge in [0.1, 0.15) is 9.84 Å². The Balaban J connectivity index is 2.27. The topological polar surface area (TPSA) is 46.2 Å². The molecule has 0 bridgehead atoms. The molecule has 0 aromatic rings. The molecule has 1 aliphatic heterocycles. The highest BCUT2D eigenvalue weighted by Crippen LogP contribution is 2.11. The van der Waals surface area contributed by atoms with Crippen LogP contribution in [0.4, 0.5) is 0 Å². The Morgan fingerprint density at radius 3 is 2.77 bits per heavy atom. The minimum atomic E-state index is -2.78. The van der Waals surface area contributed by atoms with Crippen LogP contribution in [0.3, 0.4) is 0 Å². The van der Waals surface area contributed by atoms with Gasteiger partial charge in [0, 0.05) is 12.3 Å². The molecule has 0 saturated carbocycles. The fourth-order valence-corrected chi connectivity index (χ4v) is 2.42. The highest BCUT2D eigenvalue weighted by molar-refractivity contribution is 7.90. The molecule has 0 aromatic heterocycles. The second-order valence-corrected chi connectivity index (χ2v) is 6.18. The van der Waals surface area contributed by atoms with Crippen molar-refractivity contribution in [1.29, 1.82) is 0 Å². The SMILES string of the molecule is CS(=O)(=O)CCC1CCCCCN1. The number of nitrogens with one attached hydrogen (secondary N) is 1. The molecular formula is C9H19NO2S. The molecule has 1 fully saturated rings. The highest BCUT2D eigenvalue weighted by Gasteiger charge is 2.13. The molecule has 1 N–H and O–H groups in total. The molecule has 0 aromatic carbocycles. The van der Waals surface area contributed by atoms with Gasteiger partial charge >= 0.3 is 0 Å². The molecule has 1 heterocycles. The van der Waals surface area contributed by atoms with E-state index in [1.807, 2.05) is 0 Å². The average molecular weight is 205 g/mol. The summed E-state index contributed by atoms with van der Waals surface area (Å²) in [5, 5.41) is 3.39. The maximum atomic E-state index is 10.9. The molecule has 4 heteroatoms. The minimum absolute atomic E-state index is 0.324. The zero-order valence-electron chi connectivity index (χ0n) is 8.25. The third-order valence-electron chi connectivity index (χ3n) is 2.50. The van der Waals surface area contributed by atoms with Crippen LogP contribution in [0.25, 0.3) is 0 Å². The summed E-state index contributed by atoms with van der Waals surface area (Å²) in [4.78, 5) is 0. The summed E-state index contributed by atoms with van der Waals surface area (Å²) in [5.74, 6) is 0.324. The molecule has 0 radical (unpaired) electrons. The Morgan fingerprint density at radius 2 is 2.08 bits per heavy atom. The van der Waals surface area contributed by atoms with Gasteiger partial charge in [0.15, 0.2) is 0 Å². The predicted octanol–water partition coefficient (Wildman–Crippen LogP) is 0.953. The first kappa shape index (κ1) is 11.0. The summed E-state index contributed by atoms with van der Waals surface area (Å²) in [6.45, 7) is 1.05. The lowest BCUT2D eigenvalue weighted by atomic mass is 10.1. The maximum absolute atomic E-state index is 10.9. The van der Waals surface area contributed by atoms with Crippen LogP contribution < -0.4 is 5.32 Å². The quantitative estimate of drug-likeness (QED) is 0.746. The van der Waals surface area contributed by atoms with Gasteiger partial charge in [-0.05, 0) is 25.8 Å². The van der Waals surface area contributed by atoms with Gasteiger partial charge in [0.25, 0.3) is 0 Å². The normalized spacial score (nSPS) is 25.5. The third kappa shape index (κ3) is 5.26. The first-order valence-corrected chi connectivity index (χ1v) is 7.05. The highest BCUT2D eigenvalue weighted by atomic mass is 32.2. The van der Waals surface area contributed by atoms with Gasteiger partial charge in [-0.15, -0.1) is 0 Å². The van der Waals surface area contributed by atoms with Gasteiger partial charge in [0.2, 0.25) is 0 Å². The summed E-state index contributed by atoms with van der Waals surface area (Å²) in [7, 11) is -2.78.